The van der Waals surface area contributed by atoms with E-state index in [1.54, 1.807) is 0 Å². The van der Waals surface area contributed by atoms with Crippen molar-refractivity contribution >= 4 is 11.5 Å². The molecule has 0 unspecified atom stereocenters. The van der Waals surface area contributed by atoms with Gasteiger partial charge in [-0.3, -0.25) is 0 Å². The topological polar surface area (TPSA) is 37.8 Å². The van der Waals surface area contributed by atoms with Crippen molar-refractivity contribution in [2.24, 2.45) is 0 Å². The molecule has 3 nitrogen and oxygen atoms in total. The highest BCUT2D eigenvalue weighted by atomic mass is 32.1. The molecule has 0 bridgehead atoms. The summed E-state index contributed by atoms with van der Waals surface area (Å²) < 4.78 is 3.85. The molecule has 1 N–H and O–H groups in total. The Labute approximate surface area is 71.0 Å². The fourth-order valence-electron chi connectivity index (χ4n) is 0.710. The normalized spacial score (nSPS) is 10.9. The lowest BCUT2D eigenvalue weighted by molar-refractivity contribution is 0.591. The minimum absolute atomic E-state index is 0.525. The lowest BCUT2D eigenvalue weighted by atomic mass is 10.3. The van der Waals surface area contributed by atoms with Gasteiger partial charge in [0.2, 0.25) is 0 Å². The number of hydrogen-bond donors (Lipinski definition) is 1. The van der Waals surface area contributed by atoms with Gasteiger partial charge in [0.15, 0.2) is 0 Å². The first-order chi connectivity index (χ1) is 5.20. The first-order valence-electron chi connectivity index (χ1n) is 3.71. The van der Waals surface area contributed by atoms with Gasteiger partial charge in [-0.15, -0.1) is 5.10 Å². The van der Waals surface area contributed by atoms with E-state index >= 15 is 0 Å². The van der Waals surface area contributed by atoms with Crippen LogP contribution >= 0.6 is 11.5 Å². The smallest absolute Gasteiger partial charge is 0.0769 e. The Kier molecular flexibility index (Phi) is 2.96. The van der Waals surface area contributed by atoms with Gasteiger partial charge in [0.1, 0.15) is 0 Å². The molecule has 0 aliphatic heterocycles. The summed E-state index contributed by atoms with van der Waals surface area (Å²) in [5.41, 5.74) is 1.04. The molecule has 0 radical (unpaired) electrons. The zero-order chi connectivity index (χ0) is 8.27. The van der Waals surface area contributed by atoms with Crippen molar-refractivity contribution < 1.29 is 0 Å². The van der Waals surface area contributed by atoms with E-state index in [2.05, 4.69) is 28.8 Å². The second kappa shape index (κ2) is 3.78. The number of rotatable bonds is 3. The monoisotopic (exact) mass is 171 g/mol. The highest BCUT2D eigenvalue weighted by Crippen LogP contribution is 2.07. The van der Waals surface area contributed by atoms with Crippen LogP contribution in [0.2, 0.25) is 0 Å². The number of aryl methyl sites for hydroxylation is 1. The maximum absolute atomic E-state index is 3.92. The van der Waals surface area contributed by atoms with Crippen molar-refractivity contribution in [3.05, 3.63) is 10.6 Å². The van der Waals surface area contributed by atoms with E-state index < -0.39 is 0 Å². The van der Waals surface area contributed by atoms with Crippen LogP contribution in [-0.4, -0.2) is 15.6 Å². The molecule has 11 heavy (non-hydrogen) atoms. The van der Waals surface area contributed by atoms with Gasteiger partial charge in [-0.1, -0.05) is 18.3 Å². The molecule has 0 aliphatic rings. The van der Waals surface area contributed by atoms with Gasteiger partial charge in [-0.25, -0.2) is 0 Å². The van der Waals surface area contributed by atoms with Crippen molar-refractivity contribution in [1.29, 1.82) is 0 Å². The summed E-state index contributed by atoms with van der Waals surface area (Å²) in [7, 11) is 0. The molecule has 1 aromatic rings. The van der Waals surface area contributed by atoms with Crippen molar-refractivity contribution in [1.82, 2.24) is 14.9 Å². The average Bonchev–Trinajstić information content (AvgIpc) is 2.31. The van der Waals surface area contributed by atoms with Crippen LogP contribution < -0.4 is 5.32 Å². The van der Waals surface area contributed by atoms with Crippen LogP contribution in [0.25, 0.3) is 0 Å². The molecule has 0 amide bonds. The van der Waals surface area contributed by atoms with Crippen LogP contribution in [-0.2, 0) is 6.54 Å². The standard InChI is InChI=1S/C7H13N3S/c1-5(2)8-4-7-6(3)9-10-11-7/h5,8H,4H2,1-3H3. The summed E-state index contributed by atoms with van der Waals surface area (Å²) >= 11 is 1.47. The highest BCUT2D eigenvalue weighted by Gasteiger charge is 2.02. The van der Waals surface area contributed by atoms with Gasteiger partial charge >= 0.3 is 0 Å². The van der Waals surface area contributed by atoms with E-state index in [-0.39, 0.29) is 0 Å². The Morgan fingerprint density at radius 2 is 2.27 bits per heavy atom. The summed E-state index contributed by atoms with van der Waals surface area (Å²) in [4.78, 5) is 1.23. The quantitative estimate of drug-likeness (QED) is 0.746. The Hall–Kier alpha value is -0.480. The lowest BCUT2D eigenvalue weighted by Crippen LogP contribution is -2.21. The second-order valence-electron chi connectivity index (χ2n) is 2.82. The highest BCUT2D eigenvalue weighted by molar-refractivity contribution is 7.05. The zero-order valence-electron chi connectivity index (χ0n) is 7.09. The molecule has 0 fully saturated rings. The molecular formula is C7H13N3S. The average molecular weight is 171 g/mol. The Morgan fingerprint density at radius 3 is 2.73 bits per heavy atom. The van der Waals surface area contributed by atoms with Gasteiger partial charge in [-0.2, -0.15) is 0 Å². The molecule has 1 aromatic heterocycles. The maximum atomic E-state index is 3.92. The Bertz CT molecular complexity index is 219. The molecule has 0 saturated heterocycles. The van der Waals surface area contributed by atoms with Crippen molar-refractivity contribution in [3.8, 4) is 0 Å². The molecule has 0 spiro atoms. The number of hydrogen-bond acceptors (Lipinski definition) is 4. The largest absolute Gasteiger partial charge is 0.310 e. The summed E-state index contributed by atoms with van der Waals surface area (Å²) in [5.74, 6) is 0. The second-order valence-corrected chi connectivity index (χ2v) is 3.66. The predicted octanol–water partition coefficient (Wildman–Crippen LogP) is 1.34. The minimum Gasteiger partial charge on any atom is -0.310 e. The van der Waals surface area contributed by atoms with Crippen LogP contribution in [0.4, 0.5) is 0 Å². The SMILES string of the molecule is Cc1nnsc1CNC(C)C. The van der Waals surface area contributed by atoms with E-state index in [0.717, 1.165) is 12.2 Å². The van der Waals surface area contributed by atoms with Crippen molar-refractivity contribution in [3.63, 3.8) is 0 Å². The van der Waals surface area contributed by atoms with Crippen LogP contribution in [0, 0.1) is 6.92 Å². The summed E-state index contributed by atoms with van der Waals surface area (Å²) in [6.45, 7) is 7.13. The number of nitrogens with one attached hydrogen (secondary N) is 1. The van der Waals surface area contributed by atoms with Crippen molar-refractivity contribution in [2.45, 2.75) is 33.4 Å². The van der Waals surface area contributed by atoms with Gasteiger partial charge in [0.25, 0.3) is 0 Å². The summed E-state index contributed by atoms with van der Waals surface area (Å²) in [6, 6.07) is 0.525. The fraction of sp³-hybridized carbons (Fsp3) is 0.714. The Morgan fingerprint density at radius 1 is 1.55 bits per heavy atom. The van der Waals surface area contributed by atoms with Gasteiger partial charge in [-0.05, 0) is 18.5 Å². The van der Waals surface area contributed by atoms with Crippen LogP contribution in [0.1, 0.15) is 24.4 Å². The van der Waals surface area contributed by atoms with Gasteiger partial charge < -0.3 is 5.32 Å². The minimum atomic E-state index is 0.525. The van der Waals surface area contributed by atoms with Crippen LogP contribution in [0.5, 0.6) is 0 Å². The predicted molar refractivity (Wildman–Crippen MR) is 46.6 cm³/mol. The first-order valence-corrected chi connectivity index (χ1v) is 4.48. The molecule has 0 atom stereocenters. The third kappa shape index (κ3) is 2.55. The third-order valence-corrected chi connectivity index (χ3v) is 2.24. The maximum Gasteiger partial charge on any atom is 0.0769 e. The zero-order valence-corrected chi connectivity index (χ0v) is 7.90. The molecular weight excluding hydrogens is 158 g/mol. The van der Waals surface area contributed by atoms with E-state index in [0.29, 0.717) is 6.04 Å². The van der Waals surface area contributed by atoms with E-state index in [1.165, 1.54) is 16.4 Å². The number of nitrogens with zero attached hydrogens (tertiary/aromatic N) is 2. The molecule has 1 rings (SSSR count). The van der Waals surface area contributed by atoms with Crippen LogP contribution in [0.3, 0.4) is 0 Å². The molecule has 4 heteroatoms. The first kappa shape index (κ1) is 8.62. The van der Waals surface area contributed by atoms with Gasteiger partial charge in [0, 0.05) is 12.6 Å². The molecule has 62 valence electrons. The number of aromatic nitrogens is 2. The van der Waals surface area contributed by atoms with Crippen molar-refractivity contribution in [2.75, 3.05) is 0 Å². The molecule has 0 aromatic carbocycles. The van der Waals surface area contributed by atoms with E-state index in [9.17, 15) is 0 Å². The Balaban J connectivity index is 2.44. The molecule has 0 aliphatic carbocycles. The summed E-state index contributed by atoms with van der Waals surface area (Å²) in [5, 5.41) is 7.24. The van der Waals surface area contributed by atoms with Crippen LogP contribution in [0.15, 0.2) is 0 Å². The van der Waals surface area contributed by atoms with Gasteiger partial charge in [0.05, 0.1) is 10.6 Å². The lowest BCUT2D eigenvalue weighted by Gasteiger charge is -2.05. The molecule has 1 heterocycles. The summed E-state index contributed by atoms with van der Waals surface area (Å²) in [6.07, 6.45) is 0. The molecule has 0 saturated carbocycles. The fourth-order valence-corrected chi connectivity index (χ4v) is 1.29. The van der Waals surface area contributed by atoms with E-state index in [1.807, 2.05) is 6.92 Å². The third-order valence-electron chi connectivity index (χ3n) is 1.42. The van der Waals surface area contributed by atoms with E-state index in [4.69, 9.17) is 0 Å².